The number of nitrogens with one attached hydrogen (secondary N) is 1. The Kier molecular flexibility index (Phi) is 6.74. The summed E-state index contributed by atoms with van der Waals surface area (Å²) in [7, 11) is 5.00. The van der Waals surface area contributed by atoms with E-state index in [1.54, 1.807) is 43.4 Å². The van der Waals surface area contributed by atoms with Gasteiger partial charge in [0, 0.05) is 55.4 Å². The normalized spacial score (nSPS) is 11.9. The van der Waals surface area contributed by atoms with Crippen molar-refractivity contribution in [3.05, 3.63) is 60.6 Å². The van der Waals surface area contributed by atoms with E-state index in [4.69, 9.17) is 9.72 Å². The third-order valence-electron chi connectivity index (χ3n) is 5.63. The lowest BCUT2D eigenvalue weighted by Gasteiger charge is -2.28. The molecular formula is C25H28N6O3. The fraction of sp³-hybridized carbons (Fsp3) is 0.280. The Morgan fingerprint density at radius 1 is 1.18 bits per heavy atom. The first-order valence-corrected chi connectivity index (χ1v) is 11.0. The minimum atomic E-state index is -0.571. The lowest BCUT2D eigenvalue weighted by atomic mass is 10.1. The number of hydrogen-bond donors (Lipinski definition) is 2. The van der Waals surface area contributed by atoms with Gasteiger partial charge in [-0.15, -0.1) is 0 Å². The smallest absolute Gasteiger partial charge is 0.251 e. The molecule has 0 fully saturated rings. The number of carbonyl (C=O) groups excluding carboxylic acids is 1. The van der Waals surface area contributed by atoms with Gasteiger partial charge < -0.3 is 20.1 Å². The third kappa shape index (κ3) is 4.84. The second kappa shape index (κ2) is 9.88. The third-order valence-corrected chi connectivity index (χ3v) is 5.63. The molecule has 0 aliphatic rings. The number of hydrogen-bond acceptors (Lipinski definition) is 7. The van der Waals surface area contributed by atoms with Crippen LogP contribution in [0.4, 0.5) is 11.4 Å². The van der Waals surface area contributed by atoms with E-state index in [2.05, 4.69) is 15.4 Å². The number of fused-ring (bicyclic) bond motifs is 1. The van der Waals surface area contributed by atoms with E-state index in [0.29, 0.717) is 29.8 Å². The molecule has 1 unspecified atom stereocenters. The number of rotatable bonds is 8. The highest BCUT2D eigenvalue weighted by Crippen LogP contribution is 2.32. The van der Waals surface area contributed by atoms with Crippen molar-refractivity contribution in [2.45, 2.75) is 19.4 Å². The molecule has 9 heteroatoms. The quantitative estimate of drug-likeness (QED) is 0.416. The Balaban J connectivity index is 1.82. The van der Waals surface area contributed by atoms with E-state index in [9.17, 15) is 9.90 Å². The number of aryl methyl sites for hydroxylation is 1. The number of ether oxygens (including phenoxy) is 1. The molecule has 4 rings (SSSR count). The predicted octanol–water partition coefficient (Wildman–Crippen LogP) is 3.31. The standard InChI is InChI=1S/C25H28N6O3/c1-5-20(32)15-31(19-8-16(25(33)26-2)9-21(10-19)34-4)18-6-7-22-23(11-18)29-24(13-27-22)17-12-28-30(3)14-17/h6-14,20,32H,5,15H2,1-4H3,(H,26,33). The molecule has 0 radical (unpaired) electrons. The molecule has 1 amide bonds. The van der Waals surface area contributed by atoms with Crippen molar-refractivity contribution in [2.24, 2.45) is 7.05 Å². The van der Waals surface area contributed by atoms with E-state index in [1.165, 1.54) is 0 Å². The van der Waals surface area contributed by atoms with Crippen molar-refractivity contribution >= 4 is 28.3 Å². The Bertz CT molecular complexity index is 1320. The first-order chi connectivity index (χ1) is 16.4. The zero-order valence-corrected chi connectivity index (χ0v) is 19.7. The summed E-state index contributed by atoms with van der Waals surface area (Å²) in [5.74, 6) is 0.327. The van der Waals surface area contributed by atoms with Gasteiger partial charge in [-0.2, -0.15) is 5.10 Å². The lowest BCUT2D eigenvalue weighted by molar-refractivity contribution is 0.0962. The molecule has 0 spiro atoms. The van der Waals surface area contributed by atoms with Gasteiger partial charge in [0.1, 0.15) is 5.75 Å². The van der Waals surface area contributed by atoms with Crippen molar-refractivity contribution in [1.29, 1.82) is 0 Å². The summed E-state index contributed by atoms with van der Waals surface area (Å²) in [6, 6.07) is 11.1. The zero-order valence-electron chi connectivity index (χ0n) is 19.7. The maximum Gasteiger partial charge on any atom is 0.251 e. The van der Waals surface area contributed by atoms with Gasteiger partial charge in [-0.05, 0) is 36.8 Å². The topological polar surface area (TPSA) is 105 Å². The molecule has 0 aliphatic heterocycles. The van der Waals surface area contributed by atoms with Crippen molar-refractivity contribution < 1.29 is 14.6 Å². The van der Waals surface area contributed by atoms with E-state index >= 15 is 0 Å². The van der Waals surface area contributed by atoms with Crippen LogP contribution in [0.1, 0.15) is 23.7 Å². The fourth-order valence-corrected chi connectivity index (χ4v) is 3.69. The second-order valence-electron chi connectivity index (χ2n) is 8.00. The van der Waals surface area contributed by atoms with Crippen LogP contribution in [0.15, 0.2) is 55.0 Å². The number of aromatic nitrogens is 4. The van der Waals surface area contributed by atoms with Gasteiger partial charge in [-0.3, -0.25) is 14.5 Å². The van der Waals surface area contributed by atoms with Gasteiger partial charge in [0.25, 0.3) is 5.91 Å². The summed E-state index contributed by atoms with van der Waals surface area (Å²) in [4.78, 5) is 23.7. The average Bonchev–Trinajstić information content (AvgIpc) is 3.31. The minimum Gasteiger partial charge on any atom is -0.497 e. The molecule has 9 nitrogen and oxygen atoms in total. The number of amides is 1. The summed E-state index contributed by atoms with van der Waals surface area (Å²) < 4.78 is 7.17. The number of aliphatic hydroxyl groups is 1. The van der Waals surface area contributed by atoms with Crippen LogP contribution in [0.3, 0.4) is 0 Å². The van der Waals surface area contributed by atoms with Crippen molar-refractivity contribution in [2.75, 3.05) is 25.6 Å². The molecule has 176 valence electrons. The highest BCUT2D eigenvalue weighted by atomic mass is 16.5. The van der Waals surface area contributed by atoms with E-state index in [-0.39, 0.29) is 5.91 Å². The number of methoxy groups -OCH3 is 1. The second-order valence-corrected chi connectivity index (χ2v) is 8.00. The van der Waals surface area contributed by atoms with Crippen molar-refractivity contribution in [3.8, 4) is 17.0 Å². The Labute approximate surface area is 198 Å². The molecule has 34 heavy (non-hydrogen) atoms. The summed E-state index contributed by atoms with van der Waals surface area (Å²) in [6.07, 6.45) is 5.38. The number of benzene rings is 2. The Hall–Kier alpha value is -3.98. The SMILES string of the molecule is CCC(O)CN(c1cc(OC)cc(C(=O)NC)c1)c1ccc2ncc(-c3cnn(C)c3)nc2c1. The van der Waals surface area contributed by atoms with Crippen LogP contribution < -0.4 is 15.0 Å². The van der Waals surface area contributed by atoms with Crippen LogP contribution in [-0.2, 0) is 7.05 Å². The Morgan fingerprint density at radius 2 is 2.00 bits per heavy atom. The Morgan fingerprint density at radius 3 is 2.68 bits per heavy atom. The first kappa shape index (κ1) is 23.2. The monoisotopic (exact) mass is 460 g/mol. The summed E-state index contributed by atoms with van der Waals surface area (Å²) in [6.45, 7) is 2.26. The maximum atomic E-state index is 12.4. The molecule has 2 heterocycles. The van der Waals surface area contributed by atoms with Gasteiger partial charge in [0.2, 0.25) is 0 Å². The maximum absolute atomic E-state index is 12.4. The van der Waals surface area contributed by atoms with Crippen LogP contribution in [-0.4, -0.2) is 57.6 Å². The van der Waals surface area contributed by atoms with Gasteiger partial charge in [0.05, 0.1) is 42.3 Å². The minimum absolute atomic E-state index is 0.221. The summed E-state index contributed by atoms with van der Waals surface area (Å²) in [5, 5.41) is 17.4. The number of anilines is 2. The molecule has 0 saturated heterocycles. The van der Waals surface area contributed by atoms with Gasteiger partial charge in [-0.1, -0.05) is 6.92 Å². The highest BCUT2D eigenvalue weighted by molar-refractivity contribution is 5.96. The van der Waals surface area contributed by atoms with Crippen LogP contribution in [0, 0.1) is 0 Å². The fourth-order valence-electron chi connectivity index (χ4n) is 3.69. The molecule has 2 aromatic heterocycles. The molecule has 2 N–H and O–H groups in total. The molecule has 2 aromatic carbocycles. The molecule has 4 aromatic rings. The van der Waals surface area contributed by atoms with E-state index in [1.807, 2.05) is 49.3 Å². The molecule has 1 atom stereocenters. The van der Waals surface area contributed by atoms with Crippen LogP contribution >= 0.6 is 0 Å². The number of aliphatic hydroxyl groups excluding tert-OH is 1. The first-order valence-electron chi connectivity index (χ1n) is 11.0. The zero-order chi connectivity index (χ0) is 24.2. The van der Waals surface area contributed by atoms with Gasteiger partial charge >= 0.3 is 0 Å². The number of nitrogens with zero attached hydrogens (tertiary/aromatic N) is 5. The van der Waals surface area contributed by atoms with Crippen molar-refractivity contribution in [1.82, 2.24) is 25.1 Å². The van der Waals surface area contributed by atoms with Gasteiger partial charge in [0.15, 0.2) is 0 Å². The summed E-state index contributed by atoms with van der Waals surface area (Å²) in [5.41, 5.74) is 5.07. The van der Waals surface area contributed by atoms with E-state index < -0.39 is 6.10 Å². The molecule has 0 aliphatic carbocycles. The lowest BCUT2D eigenvalue weighted by Crippen LogP contribution is -2.28. The van der Waals surface area contributed by atoms with Crippen LogP contribution in [0.25, 0.3) is 22.3 Å². The van der Waals surface area contributed by atoms with E-state index in [0.717, 1.165) is 28.1 Å². The molecule has 0 bridgehead atoms. The molecular weight excluding hydrogens is 432 g/mol. The highest BCUT2D eigenvalue weighted by Gasteiger charge is 2.18. The predicted molar refractivity (Wildman–Crippen MR) is 131 cm³/mol. The largest absolute Gasteiger partial charge is 0.497 e. The van der Waals surface area contributed by atoms with Crippen LogP contribution in [0.2, 0.25) is 0 Å². The van der Waals surface area contributed by atoms with Gasteiger partial charge in [-0.25, -0.2) is 4.98 Å². The van der Waals surface area contributed by atoms with Crippen molar-refractivity contribution in [3.63, 3.8) is 0 Å². The number of carbonyl (C=O) groups is 1. The summed E-state index contributed by atoms with van der Waals surface area (Å²) >= 11 is 0. The van der Waals surface area contributed by atoms with Crippen LogP contribution in [0.5, 0.6) is 5.75 Å². The molecule has 0 saturated carbocycles. The average molecular weight is 461 g/mol.